The summed E-state index contributed by atoms with van der Waals surface area (Å²) >= 11 is 0. The normalized spacial score (nSPS) is 26.9. The maximum absolute atomic E-state index is 11.2. The van der Waals surface area contributed by atoms with Gasteiger partial charge in [0.2, 0.25) is 0 Å². The van der Waals surface area contributed by atoms with Crippen LogP contribution in [0, 0.1) is 0 Å². The van der Waals surface area contributed by atoms with Crippen LogP contribution in [0.25, 0.3) is 0 Å². The van der Waals surface area contributed by atoms with Gasteiger partial charge in [0.25, 0.3) is 0 Å². The van der Waals surface area contributed by atoms with Crippen molar-refractivity contribution >= 4 is 5.97 Å². The quantitative estimate of drug-likeness (QED) is 0.874. The van der Waals surface area contributed by atoms with E-state index in [9.17, 15) is 4.79 Å². The minimum atomic E-state index is -1.13. The number of rotatable bonds is 4. The molecule has 1 aromatic carbocycles. The molecule has 0 spiro atoms. The maximum Gasteiger partial charge on any atom is 0.323 e. The van der Waals surface area contributed by atoms with Crippen molar-refractivity contribution in [3.8, 4) is 5.75 Å². The molecule has 2 atom stereocenters. The van der Waals surface area contributed by atoms with Crippen LogP contribution >= 0.6 is 0 Å². The van der Waals surface area contributed by atoms with Crippen molar-refractivity contribution in [1.82, 2.24) is 0 Å². The second-order valence-corrected chi connectivity index (χ2v) is 5.30. The van der Waals surface area contributed by atoms with Crippen LogP contribution in [0.2, 0.25) is 0 Å². The van der Waals surface area contributed by atoms with E-state index in [1.807, 2.05) is 24.3 Å². The molecular weight excluding hydrogens is 242 g/mol. The van der Waals surface area contributed by atoms with Crippen LogP contribution < -0.4 is 10.5 Å². The summed E-state index contributed by atoms with van der Waals surface area (Å²) < 4.78 is 5.86. The molecule has 1 saturated carbocycles. The van der Waals surface area contributed by atoms with Crippen LogP contribution in [0.15, 0.2) is 24.3 Å². The molecule has 19 heavy (non-hydrogen) atoms. The predicted molar refractivity (Wildman–Crippen MR) is 73.3 cm³/mol. The summed E-state index contributed by atoms with van der Waals surface area (Å²) in [6.45, 7) is 2.10. The fourth-order valence-corrected chi connectivity index (χ4v) is 2.55. The van der Waals surface area contributed by atoms with Crippen LogP contribution in [-0.4, -0.2) is 22.7 Å². The number of aliphatic carboxylic acids is 1. The van der Waals surface area contributed by atoms with E-state index in [1.54, 1.807) is 0 Å². The lowest BCUT2D eigenvalue weighted by Gasteiger charge is -2.34. The minimum Gasteiger partial charge on any atom is -0.490 e. The first kappa shape index (κ1) is 13.9. The van der Waals surface area contributed by atoms with Crippen LogP contribution in [0.1, 0.15) is 38.2 Å². The van der Waals surface area contributed by atoms with Crippen molar-refractivity contribution in [2.75, 3.05) is 0 Å². The number of aryl methyl sites for hydroxylation is 1. The Morgan fingerprint density at radius 1 is 1.47 bits per heavy atom. The fraction of sp³-hybridized carbons (Fsp3) is 0.533. The highest BCUT2D eigenvalue weighted by Crippen LogP contribution is 2.29. The van der Waals surface area contributed by atoms with Crippen molar-refractivity contribution in [1.29, 1.82) is 0 Å². The first-order valence-electron chi connectivity index (χ1n) is 6.81. The standard InChI is InChI=1S/C15H21NO3/c1-2-11-5-7-12(8-6-11)19-13-4-3-9-15(16,10-13)14(17)18/h5-8,13H,2-4,9-10,16H2,1H3,(H,17,18). The predicted octanol–water partition coefficient (Wildman–Crippen LogP) is 2.35. The van der Waals surface area contributed by atoms with E-state index >= 15 is 0 Å². The van der Waals surface area contributed by atoms with E-state index < -0.39 is 11.5 Å². The third kappa shape index (κ3) is 3.26. The monoisotopic (exact) mass is 263 g/mol. The third-order valence-corrected chi connectivity index (χ3v) is 3.80. The lowest BCUT2D eigenvalue weighted by molar-refractivity contribution is -0.145. The molecule has 4 nitrogen and oxygen atoms in total. The Kier molecular flexibility index (Phi) is 4.10. The SMILES string of the molecule is CCc1ccc(OC2CCCC(N)(C(=O)O)C2)cc1. The van der Waals surface area contributed by atoms with Crippen molar-refractivity contribution in [3.05, 3.63) is 29.8 Å². The van der Waals surface area contributed by atoms with Gasteiger partial charge in [0.15, 0.2) is 0 Å². The second-order valence-electron chi connectivity index (χ2n) is 5.30. The number of hydrogen-bond acceptors (Lipinski definition) is 3. The average Bonchev–Trinajstić information content (AvgIpc) is 2.39. The van der Waals surface area contributed by atoms with Gasteiger partial charge in [-0.1, -0.05) is 19.1 Å². The van der Waals surface area contributed by atoms with Crippen LogP contribution in [-0.2, 0) is 11.2 Å². The van der Waals surface area contributed by atoms with Crippen LogP contribution in [0.3, 0.4) is 0 Å². The van der Waals surface area contributed by atoms with E-state index in [0.717, 1.165) is 25.0 Å². The molecular formula is C15H21NO3. The molecule has 4 heteroatoms. The van der Waals surface area contributed by atoms with E-state index in [4.69, 9.17) is 15.6 Å². The number of carboxylic acids is 1. The van der Waals surface area contributed by atoms with Crippen molar-refractivity contribution in [2.24, 2.45) is 5.73 Å². The summed E-state index contributed by atoms with van der Waals surface area (Å²) in [6.07, 6.45) is 3.44. The van der Waals surface area contributed by atoms with Gasteiger partial charge in [0.1, 0.15) is 17.4 Å². The zero-order chi connectivity index (χ0) is 13.9. The number of nitrogens with two attached hydrogens (primary N) is 1. The molecule has 0 aromatic heterocycles. The van der Waals surface area contributed by atoms with Gasteiger partial charge in [0.05, 0.1) is 0 Å². The first-order valence-corrected chi connectivity index (χ1v) is 6.81. The van der Waals surface area contributed by atoms with Gasteiger partial charge in [0, 0.05) is 6.42 Å². The Hall–Kier alpha value is -1.55. The Morgan fingerprint density at radius 2 is 2.16 bits per heavy atom. The molecule has 0 radical (unpaired) electrons. The van der Waals surface area contributed by atoms with Gasteiger partial charge >= 0.3 is 5.97 Å². The number of carbonyl (C=O) groups is 1. The summed E-state index contributed by atoms with van der Waals surface area (Å²) in [7, 11) is 0. The largest absolute Gasteiger partial charge is 0.490 e. The number of hydrogen-bond donors (Lipinski definition) is 2. The summed E-state index contributed by atoms with van der Waals surface area (Å²) in [5.41, 5.74) is 6.04. The Bertz CT molecular complexity index is 443. The van der Waals surface area contributed by atoms with Crippen molar-refractivity contribution in [3.63, 3.8) is 0 Å². The number of ether oxygens (including phenoxy) is 1. The summed E-state index contributed by atoms with van der Waals surface area (Å²) in [4.78, 5) is 11.2. The topological polar surface area (TPSA) is 72.5 Å². The van der Waals surface area contributed by atoms with E-state index in [1.165, 1.54) is 5.56 Å². The van der Waals surface area contributed by atoms with Gasteiger partial charge < -0.3 is 15.6 Å². The van der Waals surface area contributed by atoms with Crippen molar-refractivity contribution < 1.29 is 14.6 Å². The molecule has 0 bridgehead atoms. The molecule has 0 heterocycles. The summed E-state index contributed by atoms with van der Waals surface area (Å²) in [6, 6.07) is 7.94. The lowest BCUT2D eigenvalue weighted by Crippen LogP contribution is -2.53. The van der Waals surface area contributed by atoms with Crippen LogP contribution in [0.5, 0.6) is 5.75 Å². The molecule has 1 aliphatic carbocycles. The van der Waals surface area contributed by atoms with Gasteiger partial charge in [-0.05, 0) is 43.4 Å². The molecule has 2 unspecified atom stereocenters. The third-order valence-electron chi connectivity index (χ3n) is 3.80. The van der Waals surface area contributed by atoms with Gasteiger partial charge in [-0.2, -0.15) is 0 Å². The zero-order valence-corrected chi connectivity index (χ0v) is 11.3. The summed E-state index contributed by atoms with van der Waals surface area (Å²) in [5, 5.41) is 9.17. The Balaban J connectivity index is 2.00. The van der Waals surface area contributed by atoms with Gasteiger partial charge in [-0.3, -0.25) is 4.79 Å². The number of benzene rings is 1. The highest BCUT2D eigenvalue weighted by Gasteiger charge is 2.40. The highest BCUT2D eigenvalue weighted by atomic mass is 16.5. The lowest BCUT2D eigenvalue weighted by atomic mass is 9.81. The smallest absolute Gasteiger partial charge is 0.323 e. The van der Waals surface area contributed by atoms with Gasteiger partial charge in [-0.15, -0.1) is 0 Å². The van der Waals surface area contributed by atoms with Gasteiger partial charge in [-0.25, -0.2) is 0 Å². The van der Waals surface area contributed by atoms with E-state index in [-0.39, 0.29) is 6.10 Å². The maximum atomic E-state index is 11.2. The fourth-order valence-electron chi connectivity index (χ4n) is 2.55. The highest BCUT2D eigenvalue weighted by molar-refractivity contribution is 5.78. The second kappa shape index (κ2) is 5.61. The number of carboxylic acid groups (broad SMARTS) is 1. The first-order chi connectivity index (χ1) is 9.03. The minimum absolute atomic E-state index is 0.109. The average molecular weight is 263 g/mol. The Labute approximate surface area is 113 Å². The van der Waals surface area contributed by atoms with E-state index in [0.29, 0.717) is 12.8 Å². The molecule has 0 aliphatic heterocycles. The molecule has 1 aromatic rings. The van der Waals surface area contributed by atoms with E-state index in [2.05, 4.69) is 6.92 Å². The Morgan fingerprint density at radius 3 is 2.74 bits per heavy atom. The molecule has 3 N–H and O–H groups in total. The molecule has 0 amide bonds. The van der Waals surface area contributed by atoms with Crippen LogP contribution in [0.4, 0.5) is 0 Å². The molecule has 104 valence electrons. The summed E-state index contributed by atoms with van der Waals surface area (Å²) in [5.74, 6) is -0.140. The molecule has 2 rings (SSSR count). The molecule has 1 aliphatic rings. The zero-order valence-electron chi connectivity index (χ0n) is 11.3. The molecule has 0 saturated heterocycles. The van der Waals surface area contributed by atoms with Crippen molar-refractivity contribution in [2.45, 2.75) is 50.7 Å². The molecule has 1 fully saturated rings.